The molecule has 1 aromatic carbocycles. The van der Waals surface area contributed by atoms with Gasteiger partial charge in [-0.05, 0) is 30.5 Å². The average molecular weight is 268 g/mol. The van der Waals surface area contributed by atoms with Gasteiger partial charge in [-0.25, -0.2) is 0 Å². The van der Waals surface area contributed by atoms with Crippen molar-refractivity contribution in [1.29, 1.82) is 0 Å². The molecular weight excluding hydrogens is 254 g/mol. The van der Waals surface area contributed by atoms with Crippen LogP contribution in [-0.2, 0) is 9.67 Å². The van der Waals surface area contributed by atoms with E-state index in [1.165, 1.54) is 5.56 Å². The van der Waals surface area contributed by atoms with Gasteiger partial charge >= 0.3 is 0 Å². The van der Waals surface area contributed by atoms with Gasteiger partial charge in [0.15, 0.2) is 0 Å². The molecule has 3 rings (SSSR count). The zero-order valence-electron chi connectivity index (χ0n) is 9.49. The molecule has 0 bridgehead atoms. The van der Waals surface area contributed by atoms with Crippen molar-refractivity contribution in [3.05, 3.63) is 34.9 Å². The molecule has 0 aliphatic carbocycles. The van der Waals surface area contributed by atoms with E-state index in [2.05, 4.69) is 17.0 Å². The Labute approximate surface area is 110 Å². The van der Waals surface area contributed by atoms with Gasteiger partial charge < -0.3 is 4.90 Å². The zero-order chi connectivity index (χ0) is 11.9. The predicted molar refractivity (Wildman–Crippen MR) is 71.2 cm³/mol. The third-order valence-electron chi connectivity index (χ3n) is 3.59. The summed E-state index contributed by atoms with van der Waals surface area (Å²) < 4.78 is 0. The van der Waals surface area contributed by atoms with Crippen LogP contribution in [0.3, 0.4) is 0 Å². The van der Waals surface area contributed by atoms with Crippen LogP contribution in [0.2, 0.25) is 5.02 Å². The molecule has 0 radical (unpaired) electrons. The second-order valence-corrected chi connectivity index (χ2v) is 6.35. The topological polar surface area (TPSA) is 20.3 Å². The number of carbonyl (C=O) groups excluding carboxylic acids is 1. The van der Waals surface area contributed by atoms with Gasteiger partial charge in [-0.3, -0.25) is 4.79 Å². The predicted octanol–water partition coefficient (Wildman–Crippen LogP) is 3.25. The minimum Gasteiger partial charge on any atom is -0.323 e. The molecule has 17 heavy (non-hydrogen) atoms. The standard InChI is InChI=1S/C13H14ClNOS/c14-11-5-3-10(4-6-11)13-7-1-2-12(16)15(13)8-9-17-13/h3-6H,1-2,7-9H2/t13-/m0/s1. The molecule has 0 N–H and O–H groups in total. The summed E-state index contributed by atoms with van der Waals surface area (Å²) in [6.45, 7) is 0.881. The first kappa shape index (κ1) is 11.4. The van der Waals surface area contributed by atoms with Crippen molar-refractivity contribution < 1.29 is 4.79 Å². The highest BCUT2D eigenvalue weighted by atomic mass is 35.5. The van der Waals surface area contributed by atoms with E-state index in [-0.39, 0.29) is 4.87 Å². The Kier molecular flexibility index (Phi) is 2.83. The van der Waals surface area contributed by atoms with Crippen LogP contribution in [0.25, 0.3) is 0 Å². The second kappa shape index (κ2) is 4.21. The summed E-state index contributed by atoms with van der Waals surface area (Å²) in [5, 5.41) is 0.752. The Balaban J connectivity index is 2.03. The van der Waals surface area contributed by atoms with Crippen LogP contribution in [0, 0.1) is 0 Å². The molecule has 0 unspecified atom stereocenters. The number of hydrogen-bond acceptors (Lipinski definition) is 2. The largest absolute Gasteiger partial charge is 0.323 e. The van der Waals surface area contributed by atoms with Crippen LogP contribution in [-0.4, -0.2) is 23.1 Å². The van der Waals surface area contributed by atoms with Crippen LogP contribution < -0.4 is 0 Å². The minimum atomic E-state index is -0.111. The Morgan fingerprint density at radius 2 is 2.06 bits per heavy atom. The Morgan fingerprint density at radius 3 is 2.82 bits per heavy atom. The molecule has 2 aliphatic heterocycles. The number of amides is 1. The van der Waals surface area contributed by atoms with Crippen LogP contribution in [0.5, 0.6) is 0 Å². The van der Waals surface area contributed by atoms with Gasteiger partial charge in [-0.1, -0.05) is 23.7 Å². The van der Waals surface area contributed by atoms with Gasteiger partial charge in [0.25, 0.3) is 0 Å². The number of hydrogen-bond donors (Lipinski definition) is 0. The van der Waals surface area contributed by atoms with E-state index < -0.39 is 0 Å². The third kappa shape index (κ3) is 1.76. The van der Waals surface area contributed by atoms with Crippen molar-refractivity contribution in [2.24, 2.45) is 0 Å². The average Bonchev–Trinajstić information content (AvgIpc) is 2.76. The number of fused-ring (bicyclic) bond motifs is 1. The highest BCUT2D eigenvalue weighted by Gasteiger charge is 2.47. The molecule has 4 heteroatoms. The van der Waals surface area contributed by atoms with E-state index >= 15 is 0 Å². The van der Waals surface area contributed by atoms with Crippen molar-refractivity contribution in [3.8, 4) is 0 Å². The Morgan fingerprint density at radius 1 is 1.29 bits per heavy atom. The summed E-state index contributed by atoms with van der Waals surface area (Å²) in [7, 11) is 0. The summed E-state index contributed by atoms with van der Waals surface area (Å²) in [4.78, 5) is 14.0. The monoisotopic (exact) mass is 267 g/mol. The molecular formula is C13H14ClNOS. The molecule has 1 amide bonds. The van der Waals surface area contributed by atoms with Crippen molar-refractivity contribution in [2.45, 2.75) is 24.1 Å². The molecule has 90 valence electrons. The fourth-order valence-corrected chi connectivity index (χ4v) is 4.48. The lowest BCUT2D eigenvalue weighted by Gasteiger charge is -2.41. The fraction of sp³-hybridized carbons (Fsp3) is 0.462. The van der Waals surface area contributed by atoms with Crippen LogP contribution in [0.1, 0.15) is 24.8 Å². The SMILES string of the molecule is O=C1CCC[C@@]2(c3ccc(Cl)cc3)SCCN12. The molecule has 0 saturated carbocycles. The maximum Gasteiger partial charge on any atom is 0.223 e. The van der Waals surface area contributed by atoms with Crippen LogP contribution in [0.15, 0.2) is 24.3 Å². The molecule has 2 saturated heterocycles. The number of rotatable bonds is 1. The summed E-state index contributed by atoms with van der Waals surface area (Å²) in [5.74, 6) is 1.34. The summed E-state index contributed by atoms with van der Waals surface area (Å²) >= 11 is 7.83. The third-order valence-corrected chi connectivity index (χ3v) is 5.37. The van der Waals surface area contributed by atoms with Crippen LogP contribution in [0.4, 0.5) is 0 Å². The van der Waals surface area contributed by atoms with Gasteiger partial charge in [-0.2, -0.15) is 0 Å². The molecule has 1 aromatic rings. The molecule has 2 nitrogen and oxygen atoms in total. The van der Waals surface area contributed by atoms with Gasteiger partial charge in [0.2, 0.25) is 5.91 Å². The quantitative estimate of drug-likeness (QED) is 0.779. The van der Waals surface area contributed by atoms with Crippen molar-refractivity contribution >= 4 is 29.3 Å². The lowest BCUT2D eigenvalue weighted by molar-refractivity contribution is -0.137. The summed E-state index contributed by atoms with van der Waals surface area (Å²) in [6, 6.07) is 7.96. The highest BCUT2D eigenvalue weighted by molar-refractivity contribution is 8.00. The van der Waals surface area contributed by atoms with Gasteiger partial charge in [0, 0.05) is 23.7 Å². The lowest BCUT2D eigenvalue weighted by atomic mass is 9.94. The van der Waals surface area contributed by atoms with E-state index in [0.717, 1.165) is 30.2 Å². The number of halogens is 1. The van der Waals surface area contributed by atoms with E-state index in [9.17, 15) is 4.79 Å². The van der Waals surface area contributed by atoms with Crippen molar-refractivity contribution in [3.63, 3.8) is 0 Å². The molecule has 2 aliphatic rings. The number of nitrogens with zero attached hydrogens (tertiary/aromatic N) is 1. The highest BCUT2D eigenvalue weighted by Crippen LogP contribution is 2.50. The van der Waals surface area contributed by atoms with Crippen LogP contribution >= 0.6 is 23.4 Å². The van der Waals surface area contributed by atoms with Gasteiger partial charge in [0.1, 0.15) is 4.87 Å². The Hall–Kier alpha value is -0.670. The first-order chi connectivity index (χ1) is 8.22. The summed E-state index contributed by atoms with van der Waals surface area (Å²) in [6.07, 6.45) is 2.76. The fourth-order valence-electron chi connectivity index (χ4n) is 2.81. The van der Waals surface area contributed by atoms with E-state index in [4.69, 9.17) is 11.6 Å². The number of carbonyl (C=O) groups is 1. The number of piperidine rings is 1. The van der Waals surface area contributed by atoms with Crippen molar-refractivity contribution in [2.75, 3.05) is 12.3 Å². The zero-order valence-corrected chi connectivity index (χ0v) is 11.1. The second-order valence-electron chi connectivity index (χ2n) is 4.54. The first-order valence-corrected chi connectivity index (χ1v) is 7.29. The maximum atomic E-state index is 12.0. The van der Waals surface area contributed by atoms with E-state index in [1.54, 1.807) is 0 Å². The van der Waals surface area contributed by atoms with Crippen molar-refractivity contribution in [1.82, 2.24) is 4.90 Å². The van der Waals surface area contributed by atoms with Gasteiger partial charge in [0.05, 0.1) is 0 Å². The van der Waals surface area contributed by atoms with E-state index in [0.29, 0.717) is 12.3 Å². The number of thioether (sulfide) groups is 1. The molecule has 1 atom stereocenters. The molecule has 2 fully saturated rings. The first-order valence-electron chi connectivity index (χ1n) is 5.93. The maximum absolute atomic E-state index is 12.0. The number of benzene rings is 1. The van der Waals surface area contributed by atoms with Gasteiger partial charge in [-0.15, -0.1) is 11.8 Å². The summed E-state index contributed by atoms with van der Waals surface area (Å²) in [5.41, 5.74) is 1.22. The molecule has 0 aromatic heterocycles. The Bertz CT molecular complexity index is 447. The molecule has 0 spiro atoms. The van der Waals surface area contributed by atoms with E-state index in [1.807, 2.05) is 23.9 Å². The smallest absolute Gasteiger partial charge is 0.223 e. The lowest BCUT2D eigenvalue weighted by Crippen LogP contribution is -2.46. The minimum absolute atomic E-state index is 0.111. The molecule has 2 heterocycles. The normalized spacial score (nSPS) is 28.3.